The summed E-state index contributed by atoms with van der Waals surface area (Å²) in [5, 5.41) is 18.3. The normalized spacial score (nSPS) is 15.8. The van der Waals surface area contributed by atoms with E-state index in [0.717, 1.165) is 36.8 Å². The number of aromatic nitrogens is 2. The Morgan fingerprint density at radius 2 is 2.20 bits per heavy atom. The van der Waals surface area contributed by atoms with Crippen molar-refractivity contribution in [3.63, 3.8) is 0 Å². The van der Waals surface area contributed by atoms with Crippen molar-refractivity contribution in [1.82, 2.24) is 15.3 Å². The van der Waals surface area contributed by atoms with E-state index in [4.69, 9.17) is 5.26 Å². The molecule has 0 spiro atoms. The number of nitrogens with one attached hydrogen (secondary N) is 2. The molecular formula is C14H15N5S. The standard InChI is InChI=1S/C14H15N5S/c15-7-11-1-2-12(8-17-11)18-14-19-13(9-20-14)10-3-5-16-6-4-10/h1-2,8-10,16H,3-6H2,(H,18,19). The fourth-order valence-electron chi connectivity index (χ4n) is 2.31. The third-order valence-corrected chi connectivity index (χ3v) is 4.18. The summed E-state index contributed by atoms with van der Waals surface area (Å²) in [6, 6.07) is 5.55. The van der Waals surface area contributed by atoms with E-state index in [1.54, 1.807) is 23.6 Å². The van der Waals surface area contributed by atoms with Gasteiger partial charge in [-0.3, -0.25) is 0 Å². The summed E-state index contributed by atoms with van der Waals surface area (Å²) in [4.78, 5) is 8.69. The summed E-state index contributed by atoms with van der Waals surface area (Å²) in [6.45, 7) is 2.15. The minimum Gasteiger partial charge on any atom is -0.330 e. The van der Waals surface area contributed by atoms with Crippen LogP contribution < -0.4 is 10.6 Å². The van der Waals surface area contributed by atoms with Crippen molar-refractivity contribution in [2.75, 3.05) is 18.4 Å². The fourth-order valence-corrected chi connectivity index (χ4v) is 3.12. The van der Waals surface area contributed by atoms with Gasteiger partial charge < -0.3 is 10.6 Å². The van der Waals surface area contributed by atoms with Gasteiger partial charge in [0.05, 0.1) is 17.6 Å². The van der Waals surface area contributed by atoms with Crippen LogP contribution in [0.15, 0.2) is 23.7 Å². The lowest BCUT2D eigenvalue weighted by Gasteiger charge is -2.20. The maximum Gasteiger partial charge on any atom is 0.187 e. The third kappa shape index (κ3) is 2.95. The lowest BCUT2D eigenvalue weighted by Crippen LogP contribution is -2.26. The maximum absolute atomic E-state index is 8.72. The van der Waals surface area contributed by atoms with Crippen LogP contribution in [0.2, 0.25) is 0 Å². The number of hydrogen-bond donors (Lipinski definition) is 2. The minimum absolute atomic E-state index is 0.421. The van der Waals surface area contributed by atoms with Gasteiger partial charge in [-0.05, 0) is 38.1 Å². The SMILES string of the molecule is N#Cc1ccc(Nc2nc(C3CCNCC3)cs2)cn1. The number of anilines is 2. The molecule has 0 atom stereocenters. The van der Waals surface area contributed by atoms with E-state index >= 15 is 0 Å². The highest BCUT2D eigenvalue weighted by atomic mass is 32.1. The summed E-state index contributed by atoms with van der Waals surface area (Å²) in [5.41, 5.74) is 2.46. The molecule has 5 nitrogen and oxygen atoms in total. The topological polar surface area (TPSA) is 73.6 Å². The number of thiazole rings is 1. The number of hydrogen-bond acceptors (Lipinski definition) is 6. The number of nitrogens with zero attached hydrogens (tertiary/aromatic N) is 3. The van der Waals surface area contributed by atoms with Gasteiger partial charge in [-0.25, -0.2) is 9.97 Å². The van der Waals surface area contributed by atoms with Crippen LogP contribution in [0.25, 0.3) is 0 Å². The molecule has 0 radical (unpaired) electrons. The molecule has 0 amide bonds. The zero-order chi connectivity index (χ0) is 13.8. The summed E-state index contributed by atoms with van der Waals surface area (Å²) >= 11 is 1.61. The molecule has 0 aliphatic carbocycles. The molecule has 102 valence electrons. The van der Waals surface area contributed by atoms with Gasteiger partial charge in [0.25, 0.3) is 0 Å². The van der Waals surface area contributed by atoms with Crippen LogP contribution in [0.4, 0.5) is 10.8 Å². The first kappa shape index (κ1) is 13.0. The Balaban J connectivity index is 1.68. The number of rotatable bonds is 3. The van der Waals surface area contributed by atoms with Crippen LogP contribution in [0.5, 0.6) is 0 Å². The quantitative estimate of drug-likeness (QED) is 0.907. The van der Waals surface area contributed by atoms with E-state index in [1.807, 2.05) is 12.1 Å². The Morgan fingerprint density at radius 1 is 1.35 bits per heavy atom. The second-order valence-electron chi connectivity index (χ2n) is 4.77. The van der Waals surface area contributed by atoms with Gasteiger partial charge in [0.1, 0.15) is 11.8 Å². The molecule has 1 aliphatic rings. The van der Waals surface area contributed by atoms with E-state index < -0.39 is 0 Å². The minimum atomic E-state index is 0.421. The van der Waals surface area contributed by atoms with Crippen molar-refractivity contribution in [2.24, 2.45) is 0 Å². The molecule has 3 heterocycles. The Labute approximate surface area is 121 Å². The first-order valence-corrected chi connectivity index (χ1v) is 7.52. The molecule has 3 rings (SSSR count). The van der Waals surface area contributed by atoms with E-state index in [-0.39, 0.29) is 0 Å². The van der Waals surface area contributed by atoms with Crippen molar-refractivity contribution in [1.29, 1.82) is 5.26 Å². The molecule has 0 bridgehead atoms. The van der Waals surface area contributed by atoms with Crippen molar-refractivity contribution in [3.05, 3.63) is 35.1 Å². The third-order valence-electron chi connectivity index (χ3n) is 3.41. The van der Waals surface area contributed by atoms with Crippen LogP contribution in [-0.4, -0.2) is 23.1 Å². The summed E-state index contributed by atoms with van der Waals surface area (Å²) in [7, 11) is 0. The number of piperidine rings is 1. The van der Waals surface area contributed by atoms with Crippen molar-refractivity contribution in [3.8, 4) is 6.07 Å². The Kier molecular flexibility index (Phi) is 3.90. The molecule has 0 unspecified atom stereocenters. The molecular weight excluding hydrogens is 270 g/mol. The fraction of sp³-hybridized carbons (Fsp3) is 0.357. The molecule has 2 aromatic rings. The monoisotopic (exact) mass is 285 g/mol. The first-order valence-electron chi connectivity index (χ1n) is 6.64. The van der Waals surface area contributed by atoms with Crippen LogP contribution in [-0.2, 0) is 0 Å². The highest BCUT2D eigenvalue weighted by molar-refractivity contribution is 7.13. The second kappa shape index (κ2) is 5.99. The molecule has 1 aliphatic heterocycles. The van der Waals surface area contributed by atoms with Gasteiger partial charge in [0, 0.05) is 11.3 Å². The molecule has 1 saturated heterocycles. The number of nitriles is 1. The Bertz CT molecular complexity index is 607. The van der Waals surface area contributed by atoms with Crippen molar-refractivity contribution < 1.29 is 0 Å². The van der Waals surface area contributed by atoms with E-state index in [9.17, 15) is 0 Å². The van der Waals surface area contributed by atoms with Gasteiger partial charge in [-0.2, -0.15) is 5.26 Å². The van der Waals surface area contributed by atoms with E-state index in [0.29, 0.717) is 11.6 Å². The predicted octanol–water partition coefficient (Wildman–Crippen LogP) is 2.62. The lowest BCUT2D eigenvalue weighted by atomic mass is 9.96. The largest absolute Gasteiger partial charge is 0.330 e. The molecule has 20 heavy (non-hydrogen) atoms. The summed E-state index contributed by atoms with van der Waals surface area (Å²) in [6.07, 6.45) is 3.97. The summed E-state index contributed by atoms with van der Waals surface area (Å²) in [5.74, 6) is 0.571. The average Bonchev–Trinajstić information content (AvgIpc) is 2.97. The number of pyridine rings is 1. The van der Waals surface area contributed by atoms with Crippen molar-refractivity contribution in [2.45, 2.75) is 18.8 Å². The van der Waals surface area contributed by atoms with E-state index in [1.165, 1.54) is 5.69 Å². The zero-order valence-electron chi connectivity index (χ0n) is 11.0. The van der Waals surface area contributed by atoms with Gasteiger partial charge in [-0.1, -0.05) is 0 Å². The molecule has 0 aromatic carbocycles. The smallest absolute Gasteiger partial charge is 0.187 e. The molecule has 6 heteroatoms. The predicted molar refractivity (Wildman–Crippen MR) is 79.2 cm³/mol. The average molecular weight is 285 g/mol. The van der Waals surface area contributed by atoms with Crippen molar-refractivity contribution >= 4 is 22.2 Å². The summed E-state index contributed by atoms with van der Waals surface area (Å²) < 4.78 is 0. The van der Waals surface area contributed by atoms with Crippen LogP contribution in [0.3, 0.4) is 0 Å². The molecule has 1 fully saturated rings. The Morgan fingerprint density at radius 3 is 2.90 bits per heavy atom. The first-order chi connectivity index (χ1) is 9.85. The van der Waals surface area contributed by atoms with Crippen LogP contribution in [0.1, 0.15) is 30.1 Å². The highest BCUT2D eigenvalue weighted by Crippen LogP contribution is 2.29. The second-order valence-corrected chi connectivity index (χ2v) is 5.63. The maximum atomic E-state index is 8.72. The van der Waals surface area contributed by atoms with E-state index in [2.05, 4.69) is 26.0 Å². The van der Waals surface area contributed by atoms with Gasteiger partial charge in [0.15, 0.2) is 5.13 Å². The van der Waals surface area contributed by atoms with Crippen LogP contribution in [0, 0.1) is 11.3 Å². The van der Waals surface area contributed by atoms with Gasteiger partial charge in [0.2, 0.25) is 0 Å². The lowest BCUT2D eigenvalue weighted by molar-refractivity contribution is 0.455. The van der Waals surface area contributed by atoms with Gasteiger partial charge in [-0.15, -0.1) is 11.3 Å². The Hall–Kier alpha value is -1.97. The highest BCUT2D eigenvalue weighted by Gasteiger charge is 2.17. The molecule has 0 saturated carbocycles. The molecule has 2 aromatic heterocycles. The van der Waals surface area contributed by atoms with Crippen LogP contribution >= 0.6 is 11.3 Å². The zero-order valence-corrected chi connectivity index (χ0v) is 11.8. The van der Waals surface area contributed by atoms with Gasteiger partial charge >= 0.3 is 0 Å². The molecule has 2 N–H and O–H groups in total.